The first-order valence-corrected chi connectivity index (χ1v) is 6.52. The minimum atomic E-state index is -0.438. The minimum absolute atomic E-state index is 0.00627. The van der Waals surface area contributed by atoms with E-state index in [-0.39, 0.29) is 11.5 Å². The van der Waals surface area contributed by atoms with Crippen molar-refractivity contribution in [1.29, 1.82) is 0 Å². The lowest BCUT2D eigenvalue weighted by atomic mass is 10.2. The van der Waals surface area contributed by atoms with Crippen molar-refractivity contribution in [2.75, 3.05) is 7.11 Å². The molecule has 0 bridgehead atoms. The number of aliphatic imine (C=N–C) groups is 1. The van der Waals surface area contributed by atoms with E-state index in [2.05, 4.69) is 10.3 Å². The van der Waals surface area contributed by atoms with Gasteiger partial charge in [0.1, 0.15) is 5.75 Å². The fraction of sp³-hybridized carbons (Fsp3) is 0.0667. The van der Waals surface area contributed by atoms with Crippen LogP contribution in [-0.2, 0) is 0 Å². The number of carbonyl (C=O) groups excluding carboxylic acids is 1. The third kappa shape index (κ3) is 3.97. The second-order valence-corrected chi connectivity index (χ2v) is 4.57. The lowest BCUT2D eigenvalue weighted by Crippen LogP contribution is -2.36. The Morgan fingerprint density at radius 1 is 1.24 bits per heavy atom. The molecule has 108 valence electrons. The monoisotopic (exact) mass is 303 g/mol. The predicted octanol–water partition coefficient (Wildman–Crippen LogP) is 2.72. The number of hydrogen-bond donors (Lipinski definition) is 2. The lowest BCUT2D eigenvalue weighted by molar-refractivity contribution is 0.0973. The molecular formula is C15H14ClN3O2. The van der Waals surface area contributed by atoms with E-state index in [4.69, 9.17) is 22.1 Å². The van der Waals surface area contributed by atoms with Gasteiger partial charge in [0.05, 0.1) is 18.4 Å². The maximum absolute atomic E-state index is 12.2. The van der Waals surface area contributed by atoms with Gasteiger partial charge in [0.15, 0.2) is 0 Å². The van der Waals surface area contributed by atoms with Gasteiger partial charge < -0.3 is 10.5 Å². The normalized spacial score (nSPS) is 11.0. The summed E-state index contributed by atoms with van der Waals surface area (Å²) in [5, 5.41) is 2.93. The molecule has 5 nitrogen and oxygen atoms in total. The molecule has 1 amide bonds. The number of nitrogens with one attached hydrogen (secondary N) is 1. The summed E-state index contributed by atoms with van der Waals surface area (Å²) in [4.78, 5) is 16.3. The Morgan fingerprint density at radius 2 is 1.95 bits per heavy atom. The molecule has 0 aliphatic heterocycles. The van der Waals surface area contributed by atoms with Gasteiger partial charge in [0.2, 0.25) is 5.96 Å². The van der Waals surface area contributed by atoms with Crippen LogP contribution in [0.25, 0.3) is 0 Å². The lowest BCUT2D eigenvalue weighted by Gasteiger charge is -2.09. The van der Waals surface area contributed by atoms with Crippen molar-refractivity contribution >= 4 is 29.2 Å². The molecule has 0 fully saturated rings. The second-order valence-electron chi connectivity index (χ2n) is 4.13. The molecule has 0 radical (unpaired) electrons. The molecule has 0 saturated heterocycles. The van der Waals surface area contributed by atoms with E-state index in [0.29, 0.717) is 16.5 Å². The molecule has 0 atom stereocenters. The molecule has 0 unspecified atom stereocenters. The minimum Gasteiger partial charge on any atom is -0.496 e. The summed E-state index contributed by atoms with van der Waals surface area (Å²) >= 11 is 5.89. The van der Waals surface area contributed by atoms with Crippen molar-refractivity contribution in [3.63, 3.8) is 0 Å². The largest absolute Gasteiger partial charge is 0.496 e. The van der Waals surface area contributed by atoms with E-state index in [1.54, 1.807) is 24.3 Å². The van der Waals surface area contributed by atoms with Gasteiger partial charge in [-0.3, -0.25) is 10.1 Å². The fourth-order valence-electron chi connectivity index (χ4n) is 1.71. The van der Waals surface area contributed by atoms with Crippen molar-refractivity contribution in [3.05, 3.63) is 59.1 Å². The third-order valence-electron chi connectivity index (χ3n) is 2.65. The van der Waals surface area contributed by atoms with Crippen molar-refractivity contribution in [2.45, 2.75) is 0 Å². The van der Waals surface area contributed by atoms with Crippen molar-refractivity contribution in [3.8, 4) is 5.75 Å². The van der Waals surface area contributed by atoms with Crippen LogP contribution in [0.4, 0.5) is 5.69 Å². The number of benzene rings is 2. The fourth-order valence-corrected chi connectivity index (χ4v) is 1.88. The van der Waals surface area contributed by atoms with Crippen LogP contribution in [0.1, 0.15) is 10.4 Å². The number of para-hydroxylation sites is 1. The number of ether oxygens (including phenoxy) is 1. The Bertz CT molecular complexity index is 672. The van der Waals surface area contributed by atoms with Gasteiger partial charge >= 0.3 is 0 Å². The second kappa shape index (κ2) is 6.76. The van der Waals surface area contributed by atoms with Gasteiger partial charge in [-0.25, -0.2) is 4.99 Å². The van der Waals surface area contributed by atoms with Gasteiger partial charge in [-0.05, 0) is 30.3 Å². The summed E-state index contributed by atoms with van der Waals surface area (Å²) < 4.78 is 5.12. The number of hydrogen-bond acceptors (Lipinski definition) is 3. The summed E-state index contributed by atoms with van der Waals surface area (Å²) in [7, 11) is 1.47. The van der Waals surface area contributed by atoms with E-state index in [1.807, 2.05) is 18.2 Å². The van der Waals surface area contributed by atoms with Crippen molar-refractivity contribution in [2.24, 2.45) is 10.7 Å². The van der Waals surface area contributed by atoms with Crippen LogP contribution in [-0.4, -0.2) is 19.0 Å². The zero-order valence-corrected chi connectivity index (χ0v) is 12.1. The molecule has 0 aliphatic carbocycles. The summed E-state index contributed by atoms with van der Waals surface area (Å²) in [6, 6.07) is 13.8. The summed E-state index contributed by atoms with van der Waals surface area (Å²) in [5.41, 5.74) is 6.65. The first kappa shape index (κ1) is 14.9. The van der Waals surface area contributed by atoms with Crippen LogP contribution in [0.5, 0.6) is 5.75 Å². The maximum Gasteiger partial charge on any atom is 0.261 e. The van der Waals surface area contributed by atoms with E-state index in [9.17, 15) is 4.79 Å². The van der Waals surface area contributed by atoms with E-state index in [0.717, 1.165) is 0 Å². The standard InChI is InChI=1S/C15H14ClN3O2/c1-21-13-8-7-10(16)9-12(13)14(20)19-15(17)18-11-5-3-2-4-6-11/h2-9H,1H3,(H3,17,18,19,20). The van der Waals surface area contributed by atoms with Crippen LogP contribution in [0.3, 0.4) is 0 Å². The molecule has 6 heteroatoms. The number of amides is 1. The zero-order chi connectivity index (χ0) is 15.2. The van der Waals surface area contributed by atoms with Crippen molar-refractivity contribution in [1.82, 2.24) is 5.32 Å². The summed E-state index contributed by atoms with van der Waals surface area (Å²) in [6.45, 7) is 0. The maximum atomic E-state index is 12.2. The molecule has 0 heterocycles. The molecule has 0 aromatic heterocycles. The number of rotatable bonds is 3. The highest BCUT2D eigenvalue weighted by Gasteiger charge is 2.13. The van der Waals surface area contributed by atoms with Gasteiger partial charge in [0.25, 0.3) is 5.91 Å². The molecule has 2 rings (SSSR count). The highest BCUT2D eigenvalue weighted by molar-refractivity contribution is 6.31. The Morgan fingerprint density at radius 3 is 2.62 bits per heavy atom. The van der Waals surface area contributed by atoms with Gasteiger partial charge in [-0.2, -0.15) is 0 Å². The van der Waals surface area contributed by atoms with Crippen molar-refractivity contribution < 1.29 is 9.53 Å². The molecular weight excluding hydrogens is 290 g/mol. The predicted molar refractivity (Wildman–Crippen MR) is 83.2 cm³/mol. The molecule has 0 saturated carbocycles. The van der Waals surface area contributed by atoms with E-state index >= 15 is 0 Å². The Kier molecular flexibility index (Phi) is 4.79. The number of guanidine groups is 1. The Hall–Kier alpha value is -2.53. The molecule has 0 spiro atoms. The van der Waals surface area contributed by atoms with Gasteiger partial charge in [-0.15, -0.1) is 0 Å². The van der Waals surface area contributed by atoms with Gasteiger partial charge in [-0.1, -0.05) is 29.8 Å². The highest BCUT2D eigenvalue weighted by Crippen LogP contribution is 2.22. The number of halogens is 1. The number of nitrogens with zero attached hydrogens (tertiary/aromatic N) is 1. The van der Waals surface area contributed by atoms with Crippen LogP contribution in [0, 0.1) is 0 Å². The average Bonchev–Trinajstić information content (AvgIpc) is 2.48. The van der Waals surface area contributed by atoms with E-state index in [1.165, 1.54) is 13.2 Å². The van der Waals surface area contributed by atoms with E-state index < -0.39 is 5.91 Å². The summed E-state index contributed by atoms with van der Waals surface area (Å²) in [6.07, 6.45) is 0. The highest BCUT2D eigenvalue weighted by atomic mass is 35.5. The first-order valence-electron chi connectivity index (χ1n) is 6.14. The number of carbonyl (C=O) groups is 1. The topological polar surface area (TPSA) is 76.7 Å². The molecule has 0 aliphatic rings. The zero-order valence-electron chi connectivity index (χ0n) is 11.3. The van der Waals surface area contributed by atoms with Crippen LogP contribution >= 0.6 is 11.6 Å². The average molecular weight is 304 g/mol. The summed E-state index contributed by atoms with van der Waals surface area (Å²) in [5.74, 6) is -0.0378. The molecule has 21 heavy (non-hydrogen) atoms. The Labute approximate surface area is 127 Å². The molecule has 3 N–H and O–H groups in total. The number of methoxy groups -OCH3 is 1. The van der Waals surface area contributed by atoms with Gasteiger partial charge in [0, 0.05) is 5.02 Å². The first-order chi connectivity index (χ1) is 10.1. The Balaban J connectivity index is 2.18. The number of nitrogens with two attached hydrogens (primary N) is 1. The van der Waals surface area contributed by atoms with Crippen LogP contribution in [0.2, 0.25) is 5.02 Å². The SMILES string of the molecule is COc1ccc(Cl)cc1C(=O)NC(N)=Nc1ccccc1. The quantitative estimate of drug-likeness (QED) is 0.676. The molecule has 2 aromatic rings. The smallest absolute Gasteiger partial charge is 0.261 e. The van der Waals surface area contributed by atoms with Crippen LogP contribution in [0.15, 0.2) is 53.5 Å². The third-order valence-corrected chi connectivity index (χ3v) is 2.89. The molecule has 2 aromatic carbocycles. The van der Waals surface area contributed by atoms with Crippen LogP contribution < -0.4 is 15.8 Å².